The van der Waals surface area contributed by atoms with Crippen LogP contribution in [0.5, 0.6) is 5.75 Å². The molecular weight excluding hydrogens is 352 g/mol. The molecule has 4 nitrogen and oxygen atoms in total. The summed E-state index contributed by atoms with van der Waals surface area (Å²) in [5.41, 5.74) is 4.42. The number of amides is 1. The zero-order valence-corrected chi connectivity index (χ0v) is 15.4. The number of rotatable bonds is 7. The van der Waals surface area contributed by atoms with Crippen molar-refractivity contribution in [3.05, 3.63) is 58.7 Å². The van der Waals surface area contributed by atoms with Crippen molar-refractivity contribution < 1.29 is 23.0 Å². The van der Waals surface area contributed by atoms with Gasteiger partial charge in [0.2, 0.25) is 0 Å². The van der Waals surface area contributed by atoms with Crippen LogP contribution in [0, 0.1) is 6.92 Å². The Morgan fingerprint density at radius 2 is 2.04 bits per heavy atom. The molecule has 1 amide bonds. The number of alkyl halides is 2. The number of halogens is 2. The van der Waals surface area contributed by atoms with Crippen LogP contribution in [-0.2, 0) is 17.8 Å². The molecule has 1 aliphatic carbocycles. The van der Waals surface area contributed by atoms with E-state index in [0.29, 0.717) is 11.6 Å². The summed E-state index contributed by atoms with van der Waals surface area (Å²) >= 11 is 0. The molecule has 0 saturated heterocycles. The molecule has 2 aromatic rings. The maximum atomic E-state index is 12.3. The van der Waals surface area contributed by atoms with Gasteiger partial charge in [-0.1, -0.05) is 37.3 Å². The highest BCUT2D eigenvalue weighted by molar-refractivity contribution is 5.87. The Morgan fingerprint density at radius 3 is 2.67 bits per heavy atom. The maximum absolute atomic E-state index is 12.3. The number of hydrogen-bond donors (Lipinski definition) is 1. The molecule has 0 aliphatic heterocycles. The lowest BCUT2D eigenvalue weighted by Gasteiger charge is -2.17. The summed E-state index contributed by atoms with van der Waals surface area (Å²) in [5.74, 6) is 1.09. The molecule has 1 aliphatic rings. The number of nitrogens with one attached hydrogen (secondary N) is 1. The molecular formula is C21H23F2NO3. The van der Waals surface area contributed by atoms with Gasteiger partial charge in [-0.3, -0.25) is 5.32 Å². The fourth-order valence-electron chi connectivity index (χ4n) is 3.09. The van der Waals surface area contributed by atoms with E-state index in [0.717, 1.165) is 41.7 Å². The van der Waals surface area contributed by atoms with E-state index in [1.165, 1.54) is 5.56 Å². The number of hydrogen-bond acceptors (Lipinski definition) is 3. The lowest BCUT2D eigenvalue weighted by Crippen LogP contribution is -2.19. The third kappa shape index (κ3) is 4.96. The SMILES string of the molecule is CCc1ccc(OCc2cccc(C3CC3)c2NC(=O)OC(F)F)c(C)c1. The highest BCUT2D eigenvalue weighted by atomic mass is 19.3. The molecule has 144 valence electrons. The Kier molecular flexibility index (Phi) is 5.94. The Hall–Kier alpha value is -2.63. The van der Waals surface area contributed by atoms with Crippen molar-refractivity contribution in [2.75, 3.05) is 5.32 Å². The lowest BCUT2D eigenvalue weighted by atomic mass is 10.0. The molecule has 0 atom stereocenters. The van der Waals surface area contributed by atoms with Crippen molar-refractivity contribution in [1.82, 2.24) is 0 Å². The van der Waals surface area contributed by atoms with E-state index in [1.807, 2.05) is 37.3 Å². The minimum Gasteiger partial charge on any atom is -0.489 e. The lowest BCUT2D eigenvalue weighted by molar-refractivity contribution is -0.0766. The van der Waals surface area contributed by atoms with E-state index in [9.17, 15) is 13.6 Å². The molecule has 0 heterocycles. The average molecular weight is 375 g/mol. The van der Waals surface area contributed by atoms with E-state index in [2.05, 4.69) is 23.0 Å². The third-order valence-electron chi connectivity index (χ3n) is 4.65. The average Bonchev–Trinajstić information content (AvgIpc) is 3.45. The summed E-state index contributed by atoms with van der Waals surface area (Å²) in [5, 5.41) is 2.48. The van der Waals surface area contributed by atoms with E-state index < -0.39 is 12.7 Å². The fourth-order valence-corrected chi connectivity index (χ4v) is 3.09. The molecule has 0 unspecified atom stereocenters. The van der Waals surface area contributed by atoms with Gasteiger partial charge in [0.05, 0.1) is 5.69 Å². The molecule has 27 heavy (non-hydrogen) atoms. The second-order valence-electron chi connectivity index (χ2n) is 6.69. The van der Waals surface area contributed by atoms with Crippen LogP contribution in [0.2, 0.25) is 0 Å². The molecule has 0 radical (unpaired) electrons. The van der Waals surface area contributed by atoms with Gasteiger partial charge in [-0.15, -0.1) is 0 Å². The maximum Gasteiger partial charge on any atom is 0.416 e. The van der Waals surface area contributed by atoms with Crippen molar-refractivity contribution in [1.29, 1.82) is 0 Å². The van der Waals surface area contributed by atoms with Crippen LogP contribution in [0.1, 0.15) is 47.9 Å². The predicted octanol–water partition coefficient (Wildman–Crippen LogP) is 5.78. The number of aryl methyl sites for hydroxylation is 2. The van der Waals surface area contributed by atoms with Crippen molar-refractivity contribution in [2.24, 2.45) is 0 Å². The topological polar surface area (TPSA) is 47.6 Å². The first-order chi connectivity index (χ1) is 13.0. The van der Waals surface area contributed by atoms with Gasteiger partial charge in [0, 0.05) is 5.56 Å². The van der Waals surface area contributed by atoms with Gasteiger partial charge in [0.1, 0.15) is 12.4 Å². The van der Waals surface area contributed by atoms with Crippen molar-refractivity contribution >= 4 is 11.8 Å². The van der Waals surface area contributed by atoms with Crippen molar-refractivity contribution in [3.63, 3.8) is 0 Å². The van der Waals surface area contributed by atoms with Gasteiger partial charge in [0.15, 0.2) is 0 Å². The molecule has 1 N–H and O–H groups in total. The summed E-state index contributed by atoms with van der Waals surface area (Å²) in [6.07, 6.45) is 1.81. The van der Waals surface area contributed by atoms with E-state index in [-0.39, 0.29) is 6.61 Å². The second-order valence-corrected chi connectivity index (χ2v) is 6.69. The number of carbonyl (C=O) groups is 1. The molecule has 0 aromatic heterocycles. The van der Waals surface area contributed by atoms with Crippen molar-refractivity contribution in [3.8, 4) is 5.75 Å². The highest BCUT2D eigenvalue weighted by Gasteiger charge is 2.28. The van der Waals surface area contributed by atoms with Gasteiger partial charge < -0.3 is 9.47 Å². The number of carbonyl (C=O) groups excluding carboxylic acids is 1. The standard InChI is InChI=1S/C21H23F2NO3/c1-3-14-7-10-18(13(2)11-14)26-12-16-5-4-6-17(15-8-9-15)19(16)24-21(25)27-20(22)23/h4-7,10-11,15,20H,3,8-9,12H2,1-2H3,(H,24,25). The normalized spacial score (nSPS) is 13.5. The molecule has 1 saturated carbocycles. The Morgan fingerprint density at radius 1 is 1.26 bits per heavy atom. The second kappa shape index (κ2) is 8.37. The van der Waals surface area contributed by atoms with Crippen LogP contribution in [-0.4, -0.2) is 12.7 Å². The molecule has 0 bridgehead atoms. The van der Waals surface area contributed by atoms with Gasteiger partial charge in [-0.05, 0) is 54.9 Å². The van der Waals surface area contributed by atoms with E-state index >= 15 is 0 Å². The van der Waals surface area contributed by atoms with Crippen molar-refractivity contribution in [2.45, 2.75) is 52.2 Å². The smallest absolute Gasteiger partial charge is 0.416 e. The first-order valence-corrected chi connectivity index (χ1v) is 9.07. The quantitative estimate of drug-likeness (QED) is 0.667. The molecule has 3 rings (SSSR count). The van der Waals surface area contributed by atoms with E-state index in [1.54, 1.807) is 0 Å². The molecule has 2 aromatic carbocycles. The van der Waals surface area contributed by atoms with Crippen LogP contribution in [0.15, 0.2) is 36.4 Å². The van der Waals surface area contributed by atoms with E-state index in [4.69, 9.17) is 4.74 Å². The number of para-hydroxylation sites is 1. The van der Waals surface area contributed by atoms with Crippen LogP contribution in [0.3, 0.4) is 0 Å². The summed E-state index contributed by atoms with van der Waals surface area (Å²) in [6, 6.07) is 11.6. The predicted molar refractivity (Wildman–Crippen MR) is 99.4 cm³/mol. The van der Waals surface area contributed by atoms with Crippen LogP contribution in [0.4, 0.5) is 19.3 Å². The summed E-state index contributed by atoms with van der Waals surface area (Å²) in [4.78, 5) is 11.7. The minimum absolute atomic E-state index is 0.219. The van der Waals surface area contributed by atoms with Gasteiger partial charge in [-0.25, -0.2) is 4.79 Å². The summed E-state index contributed by atoms with van der Waals surface area (Å²) < 4.78 is 34.5. The summed E-state index contributed by atoms with van der Waals surface area (Å²) in [6.45, 7) is 1.14. The van der Waals surface area contributed by atoms with Crippen LogP contribution < -0.4 is 10.1 Å². The van der Waals surface area contributed by atoms with Crippen LogP contribution in [0.25, 0.3) is 0 Å². The van der Waals surface area contributed by atoms with Crippen LogP contribution >= 0.6 is 0 Å². The molecule has 6 heteroatoms. The number of ether oxygens (including phenoxy) is 2. The zero-order valence-electron chi connectivity index (χ0n) is 15.4. The zero-order chi connectivity index (χ0) is 19.4. The fraction of sp³-hybridized carbons (Fsp3) is 0.381. The minimum atomic E-state index is -3.16. The first-order valence-electron chi connectivity index (χ1n) is 9.07. The monoisotopic (exact) mass is 375 g/mol. The largest absolute Gasteiger partial charge is 0.489 e. The Bertz CT molecular complexity index is 819. The number of benzene rings is 2. The van der Waals surface area contributed by atoms with Gasteiger partial charge >= 0.3 is 12.7 Å². The molecule has 0 spiro atoms. The third-order valence-corrected chi connectivity index (χ3v) is 4.65. The highest BCUT2D eigenvalue weighted by Crippen LogP contribution is 2.44. The Labute approximate surface area is 157 Å². The summed E-state index contributed by atoms with van der Waals surface area (Å²) in [7, 11) is 0. The number of anilines is 1. The van der Waals surface area contributed by atoms with Gasteiger partial charge in [-0.2, -0.15) is 8.78 Å². The van der Waals surface area contributed by atoms with Gasteiger partial charge in [0.25, 0.3) is 0 Å². The Balaban J connectivity index is 1.80. The first kappa shape index (κ1) is 19.1. The molecule has 1 fully saturated rings.